The summed E-state index contributed by atoms with van der Waals surface area (Å²) in [5, 5.41) is 6.72. The molecule has 2 aromatic carbocycles. The van der Waals surface area contributed by atoms with Crippen LogP contribution in [0.25, 0.3) is 0 Å². The minimum atomic E-state index is 0.532. The highest BCUT2D eigenvalue weighted by molar-refractivity contribution is 5.59. The summed E-state index contributed by atoms with van der Waals surface area (Å²) in [6.45, 7) is 7.03. The third-order valence-corrected chi connectivity index (χ3v) is 4.00. The first kappa shape index (κ1) is 17.0. The van der Waals surface area contributed by atoms with Crippen LogP contribution in [-0.2, 0) is 6.54 Å². The minimum absolute atomic E-state index is 0.532. The molecule has 0 saturated heterocycles. The fourth-order valence-corrected chi connectivity index (χ4v) is 2.61. The number of hydrogen-bond acceptors (Lipinski definition) is 4. The molecule has 0 aliphatic carbocycles. The standard InChI is InChI=1S/C21H24N4/c1-15(2)18-9-11-19(12-10-18)25-21-13-20(23-16(3)24-21)22-14-17-7-5-4-6-8-17/h4-13,15H,14H2,1-3H3,(H2,22,23,24,25). The molecule has 0 unspecified atom stereocenters. The van der Waals surface area contributed by atoms with Crippen molar-refractivity contribution >= 4 is 17.3 Å². The Morgan fingerprint density at radius 2 is 1.56 bits per heavy atom. The maximum Gasteiger partial charge on any atom is 0.136 e. The smallest absolute Gasteiger partial charge is 0.136 e. The van der Waals surface area contributed by atoms with Crippen LogP contribution in [0.4, 0.5) is 17.3 Å². The number of rotatable bonds is 6. The number of aromatic nitrogens is 2. The Hall–Kier alpha value is -2.88. The fourth-order valence-electron chi connectivity index (χ4n) is 2.61. The average molecular weight is 332 g/mol. The van der Waals surface area contributed by atoms with Crippen LogP contribution in [-0.4, -0.2) is 9.97 Å². The SMILES string of the molecule is Cc1nc(NCc2ccccc2)cc(Nc2ccc(C(C)C)cc2)n1. The summed E-state index contributed by atoms with van der Waals surface area (Å²) in [6, 6.07) is 20.7. The summed E-state index contributed by atoms with van der Waals surface area (Å²) >= 11 is 0. The molecule has 0 amide bonds. The van der Waals surface area contributed by atoms with E-state index in [1.54, 1.807) is 0 Å². The molecular weight excluding hydrogens is 308 g/mol. The average Bonchev–Trinajstić information content (AvgIpc) is 2.61. The fraction of sp³-hybridized carbons (Fsp3) is 0.238. The Morgan fingerprint density at radius 3 is 2.24 bits per heavy atom. The highest BCUT2D eigenvalue weighted by Gasteiger charge is 2.04. The highest BCUT2D eigenvalue weighted by Crippen LogP contribution is 2.21. The number of nitrogens with one attached hydrogen (secondary N) is 2. The largest absolute Gasteiger partial charge is 0.366 e. The van der Waals surface area contributed by atoms with Crippen LogP contribution < -0.4 is 10.6 Å². The van der Waals surface area contributed by atoms with Crippen LogP contribution in [0.1, 0.15) is 36.7 Å². The first-order valence-electron chi connectivity index (χ1n) is 8.60. The third kappa shape index (κ3) is 4.80. The molecule has 4 nitrogen and oxygen atoms in total. The lowest BCUT2D eigenvalue weighted by atomic mass is 10.0. The monoisotopic (exact) mass is 332 g/mol. The van der Waals surface area contributed by atoms with Crippen LogP contribution in [0.15, 0.2) is 60.7 Å². The van der Waals surface area contributed by atoms with Gasteiger partial charge in [-0.25, -0.2) is 9.97 Å². The second-order valence-corrected chi connectivity index (χ2v) is 6.43. The van der Waals surface area contributed by atoms with Gasteiger partial charge in [0.15, 0.2) is 0 Å². The van der Waals surface area contributed by atoms with Gasteiger partial charge in [0.05, 0.1) is 0 Å². The van der Waals surface area contributed by atoms with E-state index in [1.807, 2.05) is 31.2 Å². The second kappa shape index (κ2) is 7.79. The Kier molecular flexibility index (Phi) is 5.29. The lowest BCUT2D eigenvalue weighted by Crippen LogP contribution is -2.05. The molecule has 3 rings (SSSR count). The lowest BCUT2D eigenvalue weighted by Gasteiger charge is -2.11. The molecule has 25 heavy (non-hydrogen) atoms. The van der Waals surface area contributed by atoms with Crippen molar-refractivity contribution < 1.29 is 0 Å². The van der Waals surface area contributed by atoms with Crippen LogP contribution in [0.5, 0.6) is 0 Å². The van der Waals surface area contributed by atoms with E-state index in [9.17, 15) is 0 Å². The molecule has 0 aliphatic rings. The Bertz CT molecular complexity index is 811. The zero-order valence-corrected chi connectivity index (χ0v) is 15.0. The molecule has 0 radical (unpaired) electrons. The third-order valence-electron chi connectivity index (χ3n) is 4.00. The van der Waals surface area contributed by atoms with Gasteiger partial charge in [-0.15, -0.1) is 0 Å². The van der Waals surface area contributed by atoms with E-state index >= 15 is 0 Å². The molecule has 0 saturated carbocycles. The molecule has 0 spiro atoms. The lowest BCUT2D eigenvalue weighted by molar-refractivity contribution is 0.867. The quantitative estimate of drug-likeness (QED) is 0.646. The summed E-state index contributed by atoms with van der Waals surface area (Å²) in [4.78, 5) is 8.95. The molecule has 4 heteroatoms. The number of benzene rings is 2. The molecule has 0 fully saturated rings. The minimum Gasteiger partial charge on any atom is -0.366 e. The Labute approximate surface area is 149 Å². The Balaban J connectivity index is 1.70. The number of hydrogen-bond donors (Lipinski definition) is 2. The van der Waals surface area contributed by atoms with Gasteiger partial charge in [-0.2, -0.15) is 0 Å². The van der Waals surface area contributed by atoms with E-state index in [-0.39, 0.29) is 0 Å². The summed E-state index contributed by atoms with van der Waals surface area (Å²) in [5.74, 6) is 2.88. The van der Waals surface area contributed by atoms with Gasteiger partial charge in [0, 0.05) is 18.3 Å². The van der Waals surface area contributed by atoms with E-state index in [1.165, 1.54) is 11.1 Å². The predicted molar refractivity (Wildman–Crippen MR) is 104 cm³/mol. The van der Waals surface area contributed by atoms with E-state index in [0.717, 1.165) is 29.7 Å². The Morgan fingerprint density at radius 1 is 0.880 bits per heavy atom. The highest BCUT2D eigenvalue weighted by atomic mass is 15.1. The van der Waals surface area contributed by atoms with E-state index < -0.39 is 0 Å². The van der Waals surface area contributed by atoms with Crippen LogP contribution in [0.2, 0.25) is 0 Å². The van der Waals surface area contributed by atoms with Crippen molar-refractivity contribution in [2.24, 2.45) is 0 Å². The predicted octanol–water partition coefficient (Wildman–Crippen LogP) is 5.26. The zero-order chi connectivity index (χ0) is 17.6. The van der Waals surface area contributed by atoms with Gasteiger partial charge in [-0.1, -0.05) is 56.3 Å². The molecular formula is C21H24N4. The normalized spacial score (nSPS) is 10.7. The van der Waals surface area contributed by atoms with Crippen molar-refractivity contribution in [1.82, 2.24) is 9.97 Å². The van der Waals surface area contributed by atoms with Gasteiger partial charge < -0.3 is 10.6 Å². The topological polar surface area (TPSA) is 49.8 Å². The van der Waals surface area contributed by atoms with Crippen molar-refractivity contribution in [3.8, 4) is 0 Å². The molecule has 128 valence electrons. The molecule has 0 aliphatic heterocycles. The van der Waals surface area contributed by atoms with Crippen LogP contribution in [0.3, 0.4) is 0 Å². The first-order valence-corrected chi connectivity index (χ1v) is 8.60. The summed E-state index contributed by atoms with van der Waals surface area (Å²) < 4.78 is 0. The van der Waals surface area contributed by atoms with E-state index in [2.05, 4.69) is 70.8 Å². The molecule has 0 atom stereocenters. The summed E-state index contributed by atoms with van der Waals surface area (Å²) in [6.07, 6.45) is 0. The maximum absolute atomic E-state index is 4.48. The van der Waals surface area contributed by atoms with Crippen molar-refractivity contribution in [3.63, 3.8) is 0 Å². The zero-order valence-electron chi connectivity index (χ0n) is 15.0. The van der Waals surface area contributed by atoms with Crippen LogP contribution >= 0.6 is 0 Å². The maximum atomic E-state index is 4.48. The van der Waals surface area contributed by atoms with Crippen molar-refractivity contribution in [2.75, 3.05) is 10.6 Å². The van der Waals surface area contributed by atoms with Gasteiger partial charge in [-0.3, -0.25) is 0 Å². The molecule has 0 bridgehead atoms. The first-order chi connectivity index (χ1) is 12.1. The van der Waals surface area contributed by atoms with Gasteiger partial charge in [0.1, 0.15) is 17.5 Å². The number of anilines is 3. The molecule has 3 aromatic rings. The van der Waals surface area contributed by atoms with Gasteiger partial charge in [0.25, 0.3) is 0 Å². The summed E-state index contributed by atoms with van der Waals surface area (Å²) in [7, 11) is 0. The van der Waals surface area contributed by atoms with E-state index in [4.69, 9.17) is 0 Å². The number of nitrogens with zero attached hydrogens (tertiary/aromatic N) is 2. The van der Waals surface area contributed by atoms with Crippen molar-refractivity contribution in [3.05, 3.63) is 77.6 Å². The summed E-state index contributed by atoms with van der Waals surface area (Å²) in [5.41, 5.74) is 3.57. The molecule has 1 heterocycles. The number of aryl methyl sites for hydroxylation is 1. The second-order valence-electron chi connectivity index (χ2n) is 6.43. The van der Waals surface area contributed by atoms with Gasteiger partial charge in [-0.05, 0) is 36.1 Å². The molecule has 1 aromatic heterocycles. The van der Waals surface area contributed by atoms with Crippen molar-refractivity contribution in [1.29, 1.82) is 0 Å². The van der Waals surface area contributed by atoms with Crippen molar-refractivity contribution in [2.45, 2.75) is 33.2 Å². The van der Waals surface area contributed by atoms with Gasteiger partial charge in [0.2, 0.25) is 0 Å². The molecule has 2 N–H and O–H groups in total. The van der Waals surface area contributed by atoms with E-state index in [0.29, 0.717) is 5.92 Å². The van der Waals surface area contributed by atoms with Crippen LogP contribution in [0, 0.1) is 6.92 Å². The van der Waals surface area contributed by atoms with Gasteiger partial charge >= 0.3 is 0 Å².